The van der Waals surface area contributed by atoms with Crippen molar-refractivity contribution in [1.29, 1.82) is 0 Å². The Hall–Kier alpha value is -2.70. The first-order valence-electron chi connectivity index (χ1n) is 8.60. The second kappa shape index (κ2) is 7.92. The van der Waals surface area contributed by atoms with Gasteiger partial charge in [0.1, 0.15) is 11.5 Å². The van der Waals surface area contributed by atoms with Gasteiger partial charge in [-0.1, -0.05) is 6.07 Å². The standard InChI is InChI=1S/C18H24N6O/c1-24(2)16-10-12-20-18(23-16)22-14-8-6-13(7-9-14)21-17(25)15-5-3-4-11-19-15/h3-5,10-14H,6-9H2,1-2H3,(H,21,25)(H,20,22,23). The van der Waals surface area contributed by atoms with Gasteiger partial charge in [-0.05, 0) is 43.9 Å². The van der Waals surface area contributed by atoms with Crippen LogP contribution in [0, 0.1) is 0 Å². The third kappa shape index (κ3) is 4.65. The van der Waals surface area contributed by atoms with Gasteiger partial charge >= 0.3 is 0 Å². The van der Waals surface area contributed by atoms with Gasteiger partial charge in [0.15, 0.2) is 0 Å². The van der Waals surface area contributed by atoms with Crippen LogP contribution < -0.4 is 15.5 Å². The molecule has 7 heteroatoms. The van der Waals surface area contributed by atoms with Gasteiger partial charge in [0, 0.05) is 38.6 Å². The topological polar surface area (TPSA) is 83.0 Å². The highest BCUT2D eigenvalue weighted by Crippen LogP contribution is 2.22. The number of carbonyl (C=O) groups is 1. The van der Waals surface area contributed by atoms with Gasteiger partial charge in [0.2, 0.25) is 5.95 Å². The fourth-order valence-corrected chi connectivity index (χ4v) is 2.99. The van der Waals surface area contributed by atoms with E-state index < -0.39 is 0 Å². The molecule has 1 amide bonds. The first-order valence-corrected chi connectivity index (χ1v) is 8.60. The maximum Gasteiger partial charge on any atom is 0.270 e. The van der Waals surface area contributed by atoms with Crippen molar-refractivity contribution in [2.45, 2.75) is 37.8 Å². The molecule has 2 aromatic rings. The Bertz CT molecular complexity index is 698. The fraction of sp³-hybridized carbons (Fsp3) is 0.444. The molecule has 1 fully saturated rings. The van der Waals surface area contributed by atoms with Gasteiger partial charge < -0.3 is 15.5 Å². The minimum atomic E-state index is -0.0981. The molecule has 0 atom stereocenters. The largest absolute Gasteiger partial charge is 0.363 e. The minimum absolute atomic E-state index is 0.0981. The van der Waals surface area contributed by atoms with Gasteiger partial charge in [-0.2, -0.15) is 4.98 Å². The molecule has 3 rings (SSSR count). The van der Waals surface area contributed by atoms with E-state index in [9.17, 15) is 4.79 Å². The van der Waals surface area contributed by atoms with Crippen molar-refractivity contribution in [2.75, 3.05) is 24.3 Å². The van der Waals surface area contributed by atoms with Crippen LogP contribution in [0.15, 0.2) is 36.7 Å². The lowest BCUT2D eigenvalue weighted by atomic mass is 9.91. The molecule has 2 aromatic heterocycles. The summed E-state index contributed by atoms with van der Waals surface area (Å²) in [6.45, 7) is 0. The van der Waals surface area contributed by atoms with Crippen LogP contribution in [0.2, 0.25) is 0 Å². The molecule has 0 aromatic carbocycles. The second-order valence-corrected chi connectivity index (χ2v) is 6.51. The van der Waals surface area contributed by atoms with E-state index in [0.29, 0.717) is 17.7 Å². The number of anilines is 2. The molecular formula is C18H24N6O. The molecule has 2 heterocycles. The zero-order chi connectivity index (χ0) is 17.6. The van der Waals surface area contributed by atoms with Crippen LogP contribution in [-0.4, -0.2) is 47.0 Å². The van der Waals surface area contributed by atoms with Gasteiger partial charge in [-0.15, -0.1) is 0 Å². The van der Waals surface area contributed by atoms with Gasteiger partial charge in [0.05, 0.1) is 0 Å². The first kappa shape index (κ1) is 17.1. The van der Waals surface area contributed by atoms with Crippen molar-refractivity contribution < 1.29 is 4.79 Å². The van der Waals surface area contributed by atoms with Gasteiger partial charge in [-0.3, -0.25) is 9.78 Å². The summed E-state index contributed by atoms with van der Waals surface area (Å²) in [5, 5.41) is 6.48. The SMILES string of the molecule is CN(C)c1ccnc(NC2CCC(NC(=O)c3ccccn3)CC2)n1. The molecule has 0 bridgehead atoms. The fourth-order valence-electron chi connectivity index (χ4n) is 2.99. The van der Waals surface area contributed by atoms with Gasteiger partial charge in [0.25, 0.3) is 5.91 Å². The van der Waals surface area contributed by atoms with Crippen molar-refractivity contribution >= 4 is 17.7 Å². The molecule has 0 unspecified atom stereocenters. The number of amides is 1. The van der Waals surface area contributed by atoms with E-state index in [4.69, 9.17) is 0 Å². The average Bonchev–Trinajstić information content (AvgIpc) is 2.64. The molecule has 132 valence electrons. The first-order chi connectivity index (χ1) is 12.1. The molecule has 0 spiro atoms. The number of rotatable bonds is 5. The Morgan fingerprint density at radius 2 is 1.80 bits per heavy atom. The van der Waals surface area contributed by atoms with Crippen LogP contribution >= 0.6 is 0 Å². The normalized spacial score (nSPS) is 19.9. The number of nitrogens with one attached hydrogen (secondary N) is 2. The molecule has 1 saturated carbocycles. The predicted molar refractivity (Wildman–Crippen MR) is 97.7 cm³/mol. The highest BCUT2D eigenvalue weighted by molar-refractivity contribution is 5.92. The summed E-state index contributed by atoms with van der Waals surface area (Å²) < 4.78 is 0. The van der Waals surface area contributed by atoms with Crippen molar-refractivity contribution in [3.63, 3.8) is 0 Å². The molecule has 0 aliphatic heterocycles. The molecule has 0 radical (unpaired) electrons. The van der Waals surface area contributed by atoms with Crippen LogP contribution in [0.1, 0.15) is 36.2 Å². The van der Waals surface area contributed by atoms with Crippen LogP contribution in [0.25, 0.3) is 0 Å². The summed E-state index contributed by atoms with van der Waals surface area (Å²) in [5.74, 6) is 1.44. The van der Waals surface area contributed by atoms with E-state index in [0.717, 1.165) is 31.5 Å². The monoisotopic (exact) mass is 340 g/mol. The summed E-state index contributed by atoms with van der Waals surface area (Å²) >= 11 is 0. The highest BCUT2D eigenvalue weighted by atomic mass is 16.1. The Labute approximate surface area is 147 Å². The van der Waals surface area contributed by atoms with Crippen molar-refractivity contribution in [3.05, 3.63) is 42.4 Å². The van der Waals surface area contributed by atoms with Gasteiger partial charge in [-0.25, -0.2) is 4.98 Å². The number of hydrogen-bond donors (Lipinski definition) is 2. The lowest BCUT2D eigenvalue weighted by Gasteiger charge is -2.29. The Balaban J connectivity index is 1.49. The minimum Gasteiger partial charge on any atom is -0.363 e. The molecular weight excluding hydrogens is 316 g/mol. The van der Waals surface area contributed by atoms with Crippen LogP contribution in [0.5, 0.6) is 0 Å². The van der Waals surface area contributed by atoms with Crippen molar-refractivity contribution in [1.82, 2.24) is 20.3 Å². The zero-order valence-corrected chi connectivity index (χ0v) is 14.6. The van der Waals surface area contributed by atoms with E-state index in [1.165, 1.54) is 0 Å². The van der Waals surface area contributed by atoms with Crippen molar-refractivity contribution in [3.8, 4) is 0 Å². The van der Waals surface area contributed by atoms with E-state index in [-0.39, 0.29) is 11.9 Å². The van der Waals surface area contributed by atoms with Crippen LogP contribution in [-0.2, 0) is 0 Å². The third-order valence-corrected chi connectivity index (χ3v) is 4.39. The summed E-state index contributed by atoms with van der Waals surface area (Å²) in [6, 6.07) is 7.78. The summed E-state index contributed by atoms with van der Waals surface area (Å²) in [6.07, 6.45) is 7.22. The second-order valence-electron chi connectivity index (χ2n) is 6.51. The summed E-state index contributed by atoms with van der Waals surface area (Å²) in [5.41, 5.74) is 0.469. The molecule has 25 heavy (non-hydrogen) atoms. The lowest BCUT2D eigenvalue weighted by molar-refractivity contribution is 0.0921. The van der Waals surface area contributed by atoms with E-state index >= 15 is 0 Å². The number of nitrogens with zero attached hydrogens (tertiary/aromatic N) is 4. The van der Waals surface area contributed by atoms with Crippen molar-refractivity contribution in [2.24, 2.45) is 0 Å². The molecule has 2 N–H and O–H groups in total. The van der Waals surface area contributed by atoms with E-state index in [1.54, 1.807) is 24.5 Å². The van der Waals surface area contributed by atoms with Crippen LogP contribution in [0.3, 0.4) is 0 Å². The van der Waals surface area contributed by atoms with E-state index in [1.807, 2.05) is 31.1 Å². The molecule has 1 aliphatic carbocycles. The Kier molecular flexibility index (Phi) is 5.42. The number of aromatic nitrogens is 3. The maximum atomic E-state index is 12.2. The average molecular weight is 340 g/mol. The quantitative estimate of drug-likeness (QED) is 0.867. The molecule has 1 aliphatic rings. The number of pyridine rings is 1. The lowest BCUT2D eigenvalue weighted by Crippen LogP contribution is -2.40. The Morgan fingerprint density at radius 1 is 1.04 bits per heavy atom. The summed E-state index contributed by atoms with van der Waals surface area (Å²) in [7, 11) is 3.92. The highest BCUT2D eigenvalue weighted by Gasteiger charge is 2.23. The maximum absolute atomic E-state index is 12.2. The summed E-state index contributed by atoms with van der Waals surface area (Å²) in [4.78, 5) is 27.0. The predicted octanol–water partition coefficient (Wildman–Crippen LogP) is 2.09. The van der Waals surface area contributed by atoms with Crippen LogP contribution in [0.4, 0.5) is 11.8 Å². The third-order valence-electron chi connectivity index (χ3n) is 4.39. The smallest absolute Gasteiger partial charge is 0.270 e. The van der Waals surface area contributed by atoms with E-state index in [2.05, 4.69) is 25.6 Å². The molecule has 7 nitrogen and oxygen atoms in total. The Morgan fingerprint density at radius 3 is 2.48 bits per heavy atom. The number of hydrogen-bond acceptors (Lipinski definition) is 6. The zero-order valence-electron chi connectivity index (χ0n) is 14.6. The molecule has 0 saturated heterocycles. The number of carbonyl (C=O) groups excluding carboxylic acids is 1.